The Morgan fingerprint density at radius 3 is 1.35 bits per heavy atom. The van der Waals surface area contributed by atoms with Crippen LogP contribution in [0.15, 0.2) is 140 Å². The molecule has 0 radical (unpaired) electrons. The lowest BCUT2D eigenvalue weighted by Crippen LogP contribution is -1.97. The molecule has 0 aliphatic carbocycles. The van der Waals surface area contributed by atoms with Crippen LogP contribution >= 0.6 is 0 Å². The lowest BCUT2D eigenvalue weighted by atomic mass is 10.0. The number of aromatic nitrogens is 2. The van der Waals surface area contributed by atoms with Gasteiger partial charge in [-0.1, -0.05) is 84.9 Å². The van der Waals surface area contributed by atoms with Gasteiger partial charge >= 0.3 is 0 Å². The fraction of sp³-hybridized carbons (Fsp3) is 0. The quantitative estimate of drug-likeness (QED) is 0.233. The van der Waals surface area contributed by atoms with E-state index in [9.17, 15) is 5.26 Å². The molecule has 0 aliphatic heterocycles. The normalized spacial score (nSPS) is 11.5. The van der Waals surface area contributed by atoms with Gasteiger partial charge in [0, 0.05) is 32.9 Å². The Balaban J connectivity index is 1.36. The fourth-order valence-electron chi connectivity index (χ4n) is 6.20. The minimum absolute atomic E-state index is 0.636. The predicted octanol–water partition coefficient (Wildman–Crippen LogP) is 9.42. The molecule has 0 fully saturated rings. The number of hydrogen-bond donors (Lipinski definition) is 0. The van der Waals surface area contributed by atoms with Crippen molar-refractivity contribution in [1.29, 1.82) is 5.26 Å². The molecule has 0 saturated carbocycles. The van der Waals surface area contributed by atoms with Gasteiger partial charge in [0.1, 0.15) is 0 Å². The zero-order valence-corrected chi connectivity index (χ0v) is 21.6. The van der Waals surface area contributed by atoms with E-state index in [1.807, 2.05) is 12.1 Å². The van der Waals surface area contributed by atoms with Crippen LogP contribution in [0.25, 0.3) is 66.1 Å². The van der Waals surface area contributed by atoms with Gasteiger partial charge < -0.3 is 9.13 Å². The van der Waals surface area contributed by atoms with E-state index in [2.05, 4.69) is 143 Å². The van der Waals surface area contributed by atoms with Crippen LogP contribution in [0.1, 0.15) is 5.56 Å². The number of hydrogen-bond acceptors (Lipinski definition) is 1. The van der Waals surface area contributed by atoms with Gasteiger partial charge in [0.2, 0.25) is 0 Å². The maximum atomic E-state index is 10.0. The lowest BCUT2D eigenvalue weighted by Gasteiger charge is -2.13. The van der Waals surface area contributed by atoms with E-state index in [1.54, 1.807) is 0 Å². The lowest BCUT2D eigenvalue weighted by molar-refractivity contribution is 1.17. The first-order chi connectivity index (χ1) is 19.8. The molecular weight excluding hydrogens is 486 g/mol. The monoisotopic (exact) mass is 509 g/mol. The van der Waals surface area contributed by atoms with E-state index in [0.29, 0.717) is 5.56 Å². The first kappa shape index (κ1) is 22.4. The molecule has 0 atom stereocenters. The number of fused-ring (bicyclic) bond motifs is 6. The molecule has 0 aliphatic rings. The highest BCUT2D eigenvalue weighted by Gasteiger charge is 2.15. The fourth-order valence-corrected chi connectivity index (χ4v) is 6.20. The summed E-state index contributed by atoms with van der Waals surface area (Å²) in [6, 6.07) is 51.2. The van der Waals surface area contributed by atoms with E-state index in [0.717, 1.165) is 33.5 Å². The molecule has 0 bridgehead atoms. The van der Waals surface area contributed by atoms with Crippen molar-refractivity contribution in [3.63, 3.8) is 0 Å². The van der Waals surface area contributed by atoms with Gasteiger partial charge in [-0.2, -0.15) is 5.26 Å². The second-order valence-corrected chi connectivity index (χ2v) is 10.2. The van der Waals surface area contributed by atoms with E-state index in [-0.39, 0.29) is 0 Å². The highest BCUT2D eigenvalue weighted by Crippen LogP contribution is 2.36. The Kier molecular flexibility index (Phi) is 4.89. The summed E-state index contributed by atoms with van der Waals surface area (Å²) >= 11 is 0. The molecule has 8 rings (SSSR count). The molecule has 3 heteroatoms. The number of para-hydroxylation sites is 4. The second kappa shape index (κ2) is 8.73. The van der Waals surface area contributed by atoms with Crippen LogP contribution in [-0.2, 0) is 0 Å². The molecule has 0 amide bonds. The van der Waals surface area contributed by atoms with Gasteiger partial charge in [-0.25, -0.2) is 0 Å². The van der Waals surface area contributed by atoms with Crippen molar-refractivity contribution in [2.75, 3.05) is 0 Å². The Hall–Kier alpha value is -5.59. The molecule has 0 spiro atoms. The molecule has 186 valence electrons. The number of nitrogens with zero attached hydrogens (tertiary/aromatic N) is 3. The molecule has 2 aromatic heterocycles. The summed E-state index contributed by atoms with van der Waals surface area (Å²) in [5.41, 5.74) is 9.40. The molecule has 0 unspecified atom stereocenters. The van der Waals surface area contributed by atoms with Gasteiger partial charge in [0.05, 0.1) is 33.7 Å². The van der Waals surface area contributed by atoms with Crippen molar-refractivity contribution >= 4 is 43.6 Å². The predicted molar refractivity (Wildman–Crippen MR) is 165 cm³/mol. The van der Waals surface area contributed by atoms with Crippen LogP contribution in [0.4, 0.5) is 0 Å². The second-order valence-electron chi connectivity index (χ2n) is 10.2. The average molecular weight is 510 g/mol. The molecule has 8 aromatic rings. The van der Waals surface area contributed by atoms with Gasteiger partial charge in [0.25, 0.3) is 0 Å². The Morgan fingerprint density at radius 2 is 0.850 bits per heavy atom. The topological polar surface area (TPSA) is 33.6 Å². The van der Waals surface area contributed by atoms with Crippen molar-refractivity contribution in [2.24, 2.45) is 0 Å². The number of benzene rings is 6. The SMILES string of the molecule is N#Cc1cc(-c2cccc(-n3c4ccccc4c4ccccc43)c2)cc(-n2c3ccccc3c3ccccc32)c1. The first-order valence-corrected chi connectivity index (χ1v) is 13.4. The van der Waals surface area contributed by atoms with Crippen LogP contribution in [-0.4, -0.2) is 9.13 Å². The third-order valence-electron chi connectivity index (χ3n) is 7.90. The third kappa shape index (κ3) is 3.30. The standard InChI is InChI=1S/C37H23N3/c38-24-25-20-27(23-29(21-25)40-36-18-7-3-14-32(36)33-15-4-8-19-37(33)40)26-10-9-11-28(22-26)39-34-16-5-1-12-30(34)31-13-2-6-17-35(31)39/h1-23H. The average Bonchev–Trinajstić information content (AvgIpc) is 3.54. The summed E-state index contributed by atoms with van der Waals surface area (Å²) in [5, 5.41) is 14.9. The van der Waals surface area contributed by atoms with Gasteiger partial charge in [-0.3, -0.25) is 0 Å². The third-order valence-corrected chi connectivity index (χ3v) is 7.90. The molecule has 0 N–H and O–H groups in total. The van der Waals surface area contributed by atoms with Crippen molar-refractivity contribution < 1.29 is 0 Å². The van der Waals surface area contributed by atoms with E-state index in [1.165, 1.54) is 32.6 Å². The summed E-state index contributed by atoms with van der Waals surface area (Å²) in [4.78, 5) is 0. The summed E-state index contributed by atoms with van der Waals surface area (Å²) in [6.45, 7) is 0. The summed E-state index contributed by atoms with van der Waals surface area (Å²) in [7, 11) is 0. The Morgan fingerprint density at radius 1 is 0.400 bits per heavy atom. The molecule has 0 saturated heterocycles. The molecule has 2 heterocycles. The van der Waals surface area contributed by atoms with Crippen molar-refractivity contribution in [1.82, 2.24) is 9.13 Å². The number of rotatable bonds is 3. The highest BCUT2D eigenvalue weighted by atomic mass is 15.0. The summed E-state index contributed by atoms with van der Waals surface area (Å²) in [5.74, 6) is 0. The smallest absolute Gasteiger partial charge is 0.0992 e. The van der Waals surface area contributed by atoms with E-state index >= 15 is 0 Å². The molecule has 40 heavy (non-hydrogen) atoms. The van der Waals surface area contributed by atoms with Gasteiger partial charge in [-0.15, -0.1) is 0 Å². The maximum Gasteiger partial charge on any atom is 0.0992 e. The number of nitriles is 1. The maximum absolute atomic E-state index is 10.0. The Bertz CT molecular complexity index is 2180. The van der Waals surface area contributed by atoms with Crippen LogP contribution in [0.5, 0.6) is 0 Å². The Labute approximate surface area is 231 Å². The molecule has 6 aromatic carbocycles. The van der Waals surface area contributed by atoms with Gasteiger partial charge in [0.15, 0.2) is 0 Å². The van der Waals surface area contributed by atoms with Crippen LogP contribution in [0, 0.1) is 11.3 Å². The minimum atomic E-state index is 0.636. The zero-order valence-electron chi connectivity index (χ0n) is 21.6. The summed E-state index contributed by atoms with van der Waals surface area (Å²) in [6.07, 6.45) is 0. The van der Waals surface area contributed by atoms with Crippen LogP contribution < -0.4 is 0 Å². The zero-order chi connectivity index (χ0) is 26.6. The van der Waals surface area contributed by atoms with Crippen LogP contribution in [0.2, 0.25) is 0 Å². The van der Waals surface area contributed by atoms with Gasteiger partial charge in [-0.05, 0) is 65.7 Å². The first-order valence-electron chi connectivity index (χ1n) is 13.4. The van der Waals surface area contributed by atoms with E-state index < -0.39 is 0 Å². The highest BCUT2D eigenvalue weighted by molar-refractivity contribution is 6.10. The van der Waals surface area contributed by atoms with E-state index in [4.69, 9.17) is 0 Å². The van der Waals surface area contributed by atoms with Crippen molar-refractivity contribution in [2.45, 2.75) is 0 Å². The largest absolute Gasteiger partial charge is 0.309 e. The molecule has 3 nitrogen and oxygen atoms in total. The minimum Gasteiger partial charge on any atom is -0.309 e. The van der Waals surface area contributed by atoms with Crippen molar-refractivity contribution in [3.05, 3.63) is 145 Å². The summed E-state index contributed by atoms with van der Waals surface area (Å²) < 4.78 is 4.60. The van der Waals surface area contributed by atoms with Crippen LogP contribution in [0.3, 0.4) is 0 Å². The van der Waals surface area contributed by atoms with Crippen molar-refractivity contribution in [3.8, 4) is 28.6 Å². The molecular formula is C37H23N3.